The monoisotopic (exact) mass is 278 g/mol. The second-order valence-electron chi connectivity index (χ2n) is 5.51. The van der Waals surface area contributed by atoms with E-state index >= 15 is 0 Å². The summed E-state index contributed by atoms with van der Waals surface area (Å²) >= 11 is 0. The minimum Gasteiger partial charge on any atom is -0.478 e. The number of methoxy groups -OCH3 is 1. The van der Waals surface area contributed by atoms with Crippen molar-refractivity contribution < 1.29 is 9.53 Å². The lowest BCUT2D eigenvalue weighted by Crippen LogP contribution is -2.40. The lowest BCUT2D eigenvalue weighted by atomic mass is 9.91. The standard InChI is InChI=1S/C14H22N4O2/c1-9(2)11-7-18(8-12(11)17-10(3)19)13-14(20-4)16-6-5-15-13/h5-6,9,11-12H,7-8H2,1-4H3,(H,17,19)/t11-,12+/m0/s1. The third-order valence-corrected chi connectivity index (χ3v) is 3.75. The third-order valence-electron chi connectivity index (χ3n) is 3.75. The number of nitrogens with one attached hydrogen (secondary N) is 1. The first-order chi connectivity index (χ1) is 9.52. The summed E-state index contributed by atoms with van der Waals surface area (Å²) < 4.78 is 5.27. The van der Waals surface area contributed by atoms with E-state index in [1.807, 2.05) is 0 Å². The lowest BCUT2D eigenvalue weighted by molar-refractivity contribution is -0.119. The molecule has 0 aliphatic carbocycles. The van der Waals surface area contributed by atoms with Gasteiger partial charge in [-0.15, -0.1) is 0 Å². The van der Waals surface area contributed by atoms with Crippen LogP contribution >= 0.6 is 0 Å². The molecule has 1 aromatic heterocycles. The maximum absolute atomic E-state index is 11.4. The molecule has 0 aromatic carbocycles. The quantitative estimate of drug-likeness (QED) is 0.892. The van der Waals surface area contributed by atoms with Crippen LogP contribution in [0.1, 0.15) is 20.8 Å². The number of hydrogen-bond acceptors (Lipinski definition) is 5. The number of carbonyl (C=O) groups excluding carboxylic acids is 1. The first-order valence-electron chi connectivity index (χ1n) is 6.90. The van der Waals surface area contributed by atoms with Crippen LogP contribution in [0.5, 0.6) is 5.88 Å². The zero-order chi connectivity index (χ0) is 14.7. The highest BCUT2D eigenvalue weighted by Gasteiger charge is 2.36. The third kappa shape index (κ3) is 3.00. The first kappa shape index (κ1) is 14.6. The molecular formula is C14H22N4O2. The van der Waals surface area contributed by atoms with E-state index in [9.17, 15) is 4.79 Å². The Bertz CT molecular complexity index is 478. The van der Waals surface area contributed by atoms with E-state index in [1.165, 1.54) is 0 Å². The summed E-state index contributed by atoms with van der Waals surface area (Å²) in [6.07, 6.45) is 3.28. The largest absolute Gasteiger partial charge is 0.478 e. The van der Waals surface area contributed by atoms with Gasteiger partial charge >= 0.3 is 0 Å². The molecular weight excluding hydrogens is 256 g/mol. The fraction of sp³-hybridized carbons (Fsp3) is 0.643. The van der Waals surface area contributed by atoms with Gasteiger partial charge in [-0.25, -0.2) is 9.97 Å². The molecule has 6 heteroatoms. The number of anilines is 1. The Labute approximate surface area is 119 Å². The van der Waals surface area contributed by atoms with Crippen LogP contribution < -0.4 is 15.0 Å². The molecule has 1 saturated heterocycles. The van der Waals surface area contributed by atoms with Gasteiger partial charge in [-0.3, -0.25) is 4.79 Å². The molecule has 2 heterocycles. The number of rotatable bonds is 4. The molecule has 0 bridgehead atoms. The predicted molar refractivity (Wildman–Crippen MR) is 76.7 cm³/mol. The Morgan fingerprint density at radius 2 is 2.10 bits per heavy atom. The Balaban J connectivity index is 2.20. The van der Waals surface area contributed by atoms with Crippen LogP contribution in [-0.2, 0) is 4.79 Å². The Kier molecular flexibility index (Phi) is 4.42. The predicted octanol–water partition coefficient (Wildman–Crippen LogP) is 1.08. The summed E-state index contributed by atoms with van der Waals surface area (Å²) in [6, 6.07) is 0.138. The molecule has 1 fully saturated rings. The fourth-order valence-corrected chi connectivity index (χ4v) is 2.77. The molecule has 0 spiro atoms. The minimum absolute atomic E-state index is 0.00797. The van der Waals surface area contributed by atoms with Crippen molar-refractivity contribution in [1.82, 2.24) is 15.3 Å². The summed E-state index contributed by atoms with van der Waals surface area (Å²) in [5.41, 5.74) is 0. The van der Waals surface area contributed by atoms with Gasteiger partial charge in [0.05, 0.1) is 13.2 Å². The lowest BCUT2D eigenvalue weighted by Gasteiger charge is -2.21. The smallest absolute Gasteiger partial charge is 0.257 e. The van der Waals surface area contributed by atoms with Crippen molar-refractivity contribution in [2.75, 3.05) is 25.1 Å². The van der Waals surface area contributed by atoms with Gasteiger partial charge in [0.1, 0.15) is 0 Å². The highest BCUT2D eigenvalue weighted by atomic mass is 16.5. The van der Waals surface area contributed by atoms with E-state index in [0.717, 1.165) is 18.9 Å². The molecule has 6 nitrogen and oxygen atoms in total. The van der Waals surface area contributed by atoms with Crippen molar-refractivity contribution in [2.24, 2.45) is 11.8 Å². The van der Waals surface area contributed by atoms with Crippen LogP contribution in [0.15, 0.2) is 12.4 Å². The van der Waals surface area contributed by atoms with Crippen molar-refractivity contribution in [3.8, 4) is 5.88 Å². The molecule has 0 saturated carbocycles. The zero-order valence-electron chi connectivity index (χ0n) is 12.5. The summed E-state index contributed by atoms with van der Waals surface area (Å²) in [5, 5.41) is 3.04. The van der Waals surface area contributed by atoms with E-state index in [2.05, 4.69) is 34.0 Å². The minimum atomic E-state index is 0.00797. The van der Waals surface area contributed by atoms with Crippen molar-refractivity contribution >= 4 is 11.7 Å². The van der Waals surface area contributed by atoms with Gasteiger partial charge in [0, 0.05) is 38.3 Å². The molecule has 1 amide bonds. The van der Waals surface area contributed by atoms with Crippen LogP contribution in [0.3, 0.4) is 0 Å². The van der Waals surface area contributed by atoms with E-state index < -0.39 is 0 Å². The van der Waals surface area contributed by atoms with Gasteiger partial charge in [0.15, 0.2) is 5.82 Å². The van der Waals surface area contributed by atoms with E-state index in [4.69, 9.17) is 4.74 Å². The van der Waals surface area contributed by atoms with Gasteiger partial charge in [0.2, 0.25) is 5.91 Å². The highest BCUT2D eigenvalue weighted by Crippen LogP contribution is 2.31. The maximum Gasteiger partial charge on any atom is 0.257 e. The second kappa shape index (κ2) is 6.07. The van der Waals surface area contributed by atoms with Crippen molar-refractivity contribution in [3.05, 3.63) is 12.4 Å². The Hall–Kier alpha value is -1.85. The SMILES string of the molecule is COc1nccnc1N1C[C@@H](NC(C)=O)[C@H](C(C)C)C1. The normalized spacial score (nSPS) is 22.1. The van der Waals surface area contributed by atoms with Crippen molar-refractivity contribution in [3.63, 3.8) is 0 Å². The number of amides is 1. The van der Waals surface area contributed by atoms with Gasteiger partial charge in [-0.2, -0.15) is 0 Å². The van der Waals surface area contributed by atoms with Crippen molar-refractivity contribution in [1.29, 1.82) is 0 Å². The molecule has 20 heavy (non-hydrogen) atoms. The molecule has 110 valence electrons. The summed E-state index contributed by atoms with van der Waals surface area (Å²) in [4.78, 5) is 22.0. The maximum atomic E-state index is 11.4. The van der Waals surface area contributed by atoms with Crippen LogP contribution in [0.4, 0.5) is 5.82 Å². The van der Waals surface area contributed by atoms with E-state index in [0.29, 0.717) is 17.7 Å². The Morgan fingerprint density at radius 3 is 2.70 bits per heavy atom. The fourth-order valence-electron chi connectivity index (χ4n) is 2.77. The van der Waals surface area contributed by atoms with Gasteiger partial charge < -0.3 is 15.0 Å². The molecule has 0 unspecified atom stereocenters. The molecule has 2 rings (SSSR count). The zero-order valence-corrected chi connectivity index (χ0v) is 12.5. The molecule has 2 atom stereocenters. The first-order valence-corrected chi connectivity index (χ1v) is 6.90. The Morgan fingerprint density at radius 1 is 1.40 bits per heavy atom. The van der Waals surface area contributed by atoms with Gasteiger partial charge in [-0.1, -0.05) is 13.8 Å². The topological polar surface area (TPSA) is 67.4 Å². The van der Waals surface area contributed by atoms with E-state index in [1.54, 1.807) is 26.4 Å². The average Bonchev–Trinajstić information content (AvgIpc) is 2.81. The average molecular weight is 278 g/mol. The van der Waals surface area contributed by atoms with Gasteiger partial charge in [0.25, 0.3) is 5.88 Å². The van der Waals surface area contributed by atoms with Crippen LogP contribution in [0, 0.1) is 11.8 Å². The van der Waals surface area contributed by atoms with Crippen LogP contribution in [0.25, 0.3) is 0 Å². The highest BCUT2D eigenvalue weighted by molar-refractivity contribution is 5.73. The molecule has 0 radical (unpaired) electrons. The summed E-state index contributed by atoms with van der Waals surface area (Å²) in [5.74, 6) is 2.16. The number of carbonyl (C=O) groups is 1. The number of nitrogens with zero attached hydrogens (tertiary/aromatic N) is 3. The van der Waals surface area contributed by atoms with Gasteiger partial charge in [-0.05, 0) is 5.92 Å². The summed E-state index contributed by atoms with van der Waals surface area (Å²) in [7, 11) is 1.59. The van der Waals surface area contributed by atoms with Crippen molar-refractivity contribution in [2.45, 2.75) is 26.8 Å². The molecule has 1 aromatic rings. The second-order valence-corrected chi connectivity index (χ2v) is 5.51. The number of aromatic nitrogens is 2. The summed E-state index contributed by atoms with van der Waals surface area (Å²) in [6.45, 7) is 7.49. The van der Waals surface area contributed by atoms with Crippen LogP contribution in [0.2, 0.25) is 0 Å². The van der Waals surface area contributed by atoms with E-state index in [-0.39, 0.29) is 11.9 Å². The number of ether oxygens (including phenoxy) is 1. The molecule has 1 aliphatic rings. The molecule has 1 N–H and O–H groups in total. The molecule has 1 aliphatic heterocycles. The van der Waals surface area contributed by atoms with Crippen LogP contribution in [-0.4, -0.2) is 42.1 Å². The number of hydrogen-bond donors (Lipinski definition) is 1.